The SMILES string of the molecule is COc1cccc(CC(=O)N2CC[C@@H]3CNC[C@H]3C2)c1. The lowest BCUT2D eigenvalue weighted by Gasteiger charge is -2.34. The molecule has 4 nitrogen and oxygen atoms in total. The maximum absolute atomic E-state index is 12.4. The van der Waals surface area contributed by atoms with Crippen molar-refractivity contribution in [3.8, 4) is 5.75 Å². The lowest BCUT2D eigenvalue weighted by atomic mass is 9.88. The first-order valence-electron chi connectivity index (χ1n) is 7.37. The van der Waals surface area contributed by atoms with Gasteiger partial charge >= 0.3 is 0 Å². The molecule has 0 unspecified atom stereocenters. The van der Waals surface area contributed by atoms with Gasteiger partial charge in [-0.25, -0.2) is 0 Å². The van der Waals surface area contributed by atoms with Crippen LogP contribution in [0.1, 0.15) is 12.0 Å². The van der Waals surface area contributed by atoms with Crippen molar-refractivity contribution in [1.82, 2.24) is 10.2 Å². The minimum absolute atomic E-state index is 0.239. The number of hydrogen-bond acceptors (Lipinski definition) is 3. The number of carbonyl (C=O) groups excluding carboxylic acids is 1. The Kier molecular flexibility index (Phi) is 3.92. The number of hydrogen-bond donors (Lipinski definition) is 1. The van der Waals surface area contributed by atoms with Gasteiger partial charge in [-0.05, 0) is 49.0 Å². The Morgan fingerprint density at radius 3 is 3.10 bits per heavy atom. The number of benzene rings is 1. The van der Waals surface area contributed by atoms with Gasteiger partial charge in [-0.3, -0.25) is 4.79 Å². The van der Waals surface area contributed by atoms with Crippen molar-refractivity contribution >= 4 is 5.91 Å². The van der Waals surface area contributed by atoms with Crippen molar-refractivity contribution in [2.24, 2.45) is 11.8 Å². The van der Waals surface area contributed by atoms with Gasteiger partial charge in [-0.15, -0.1) is 0 Å². The smallest absolute Gasteiger partial charge is 0.227 e. The predicted octanol–water partition coefficient (Wildman–Crippen LogP) is 1.31. The van der Waals surface area contributed by atoms with E-state index in [1.165, 1.54) is 0 Å². The topological polar surface area (TPSA) is 41.6 Å². The monoisotopic (exact) mass is 274 g/mol. The number of amides is 1. The second kappa shape index (κ2) is 5.83. The van der Waals surface area contributed by atoms with Crippen LogP contribution in [0.4, 0.5) is 0 Å². The highest BCUT2D eigenvalue weighted by Crippen LogP contribution is 2.27. The molecule has 20 heavy (non-hydrogen) atoms. The number of rotatable bonds is 3. The van der Waals surface area contributed by atoms with E-state index in [0.29, 0.717) is 12.3 Å². The third kappa shape index (κ3) is 2.80. The summed E-state index contributed by atoms with van der Waals surface area (Å²) in [6, 6.07) is 7.78. The Morgan fingerprint density at radius 2 is 2.25 bits per heavy atom. The van der Waals surface area contributed by atoms with Gasteiger partial charge in [0.2, 0.25) is 5.91 Å². The van der Waals surface area contributed by atoms with Gasteiger partial charge < -0.3 is 15.0 Å². The Hall–Kier alpha value is -1.55. The van der Waals surface area contributed by atoms with Crippen LogP contribution in [-0.4, -0.2) is 44.1 Å². The minimum atomic E-state index is 0.239. The zero-order chi connectivity index (χ0) is 13.9. The van der Waals surface area contributed by atoms with Crippen LogP contribution in [-0.2, 0) is 11.2 Å². The van der Waals surface area contributed by atoms with E-state index in [1.54, 1.807) is 7.11 Å². The van der Waals surface area contributed by atoms with Crippen molar-refractivity contribution in [1.29, 1.82) is 0 Å². The molecule has 1 aromatic rings. The third-order valence-corrected chi connectivity index (χ3v) is 4.55. The Labute approximate surface area is 120 Å². The molecule has 0 spiro atoms. The van der Waals surface area contributed by atoms with Crippen LogP contribution in [0.25, 0.3) is 0 Å². The Balaban J connectivity index is 1.61. The molecular formula is C16H22N2O2. The molecule has 3 rings (SSSR count). The largest absolute Gasteiger partial charge is 0.497 e. The van der Waals surface area contributed by atoms with Crippen molar-refractivity contribution < 1.29 is 9.53 Å². The standard InChI is InChI=1S/C16H22N2O2/c1-20-15-4-2-3-12(7-15)8-16(19)18-6-5-13-9-17-10-14(13)11-18/h2-4,7,13-14,17H,5-6,8-11H2,1H3/t13-,14+/m1/s1. The summed E-state index contributed by atoms with van der Waals surface area (Å²) in [6.07, 6.45) is 1.61. The van der Waals surface area contributed by atoms with Crippen LogP contribution >= 0.6 is 0 Å². The summed E-state index contributed by atoms with van der Waals surface area (Å²) in [5.41, 5.74) is 1.03. The number of nitrogens with one attached hydrogen (secondary N) is 1. The summed E-state index contributed by atoms with van der Waals surface area (Å²) in [5.74, 6) is 2.48. The van der Waals surface area contributed by atoms with E-state index < -0.39 is 0 Å². The van der Waals surface area contributed by atoms with E-state index >= 15 is 0 Å². The maximum atomic E-state index is 12.4. The summed E-state index contributed by atoms with van der Waals surface area (Å²) in [6.45, 7) is 4.02. The van der Waals surface area contributed by atoms with Crippen molar-refractivity contribution in [3.05, 3.63) is 29.8 Å². The molecule has 0 radical (unpaired) electrons. The fourth-order valence-corrected chi connectivity index (χ4v) is 3.33. The molecule has 2 aliphatic rings. The molecule has 0 aliphatic carbocycles. The Morgan fingerprint density at radius 1 is 1.40 bits per heavy atom. The van der Waals surface area contributed by atoms with Gasteiger partial charge in [0.05, 0.1) is 13.5 Å². The average Bonchev–Trinajstić information content (AvgIpc) is 2.94. The number of likely N-dealkylation sites (tertiary alicyclic amines) is 1. The molecule has 2 aliphatic heterocycles. The van der Waals surface area contributed by atoms with Crippen molar-refractivity contribution in [2.75, 3.05) is 33.3 Å². The van der Waals surface area contributed by atoms with Gasteiger partial charge in [-0.1, -0.05) is 12.1 Å². The first kappa shape index (κ1) is 13.4. The lowest BCUT2D eigenvalue weighted by molar-refractivity contribution is -0.132. The van der Waals surface area contributed by atoms with E-state index in [4.69, 9.17) is 4.74 Å². The first-order valence-corrected chi connectivity index (χ1v) is 7.37. The highest BCUT2D eigenvalue weighted by Gasteiger charge is 2.34. The van der Waals surface area contributed by atoms with E-state index in [2.05, 4.69) is 5.32 Å². The van der Waals surface area contributed by atoms with E-state index in [-0.39, 0.29) is 5.91 Å². The van der Waals surface area contributed by atoms with E-state index in [9.17, 15) is 4.79 Å². The van der Waals surface area contributed by atoms with Crippen LogP contribution < -0.4 is 10.1 Å². The fourth-order valence-electron chi connectivity index (χ4n) is 3.33. The second-order valence-corrected chi connectivity index (χ2v) is 5.84. The van der Waals surface area contributed by atoms with Gasteiger partial charge in [0.1, 0.15) is 5.75 Å². The van der Waals surface area contributed by atoms with Crippen LogP contribution in [0, 0.1) is 11.8 Å². The molecule has 4 heteroatoms. The molecule has 1 N–H and O–H groups in total. The molecule has 1 aromatic carbocycles. The van der Waals surface area contributed by atoms with Crippen LogP contribution in [0.3, 0.4) is 0 Å². The molecule has 2 atom stereocenters. The summed E-state index contributed by atoms with van der Waals surface area (Å²) in [4.78, 5) is 14.5. The molecule has 2 fully saturated rings. The molecular weight excluding hydrogens is 252 g/mol. The van der Waals surface area contributed by atoms with Crippen LogP contribution in [0.2, 0.25) is 0 Å². The zero-order valence-electron chi connectivity index (χ0n) is 12.0. The fraction of sp³-hybridized carbons (Fsp3) is 0.562. The second-order valence-electron chi connectivity index (χ2n) is 5.84. The van der Waals surface area contributed by atoms with Gasteiger partial charge in [-0.2, -0.15) is 0 Å². The molecule has 0 bridgehead atoms. The third-order valence-electron chi connectivity index (χ3n) is 4.55. The number of piperidine rings is 1. The van der Waals surface area contributed by atoms with Gasteiger partial charge in [0.15, 0.2) is 0 Å². The summed E-state index contributed by atoms with van der Waals surface area (Å²) < 4.78 is 5.21. The molecule has 0 aromatic heterocycles. The number of methoxy groups -OCH3 is 1. The highest BCUT2D eigenvalue weighted by molar-refractivity contribution is 5.79. The normalized spacial score (nSPS) is 25.4. The number of ether oxygens (including phenoxy) is 1. The average molecular weight is 274 g/mol. The minimum Gasteiger partial charge on any atom is -0.497 e. The number of carbonyl (C=O) groups is 1. The van der Waals surface area contributed by atoms with Crippen molar-refractivity contribution in [2.45, 2.75) is 12.8 Å². The van der Waals surface area contributed by atoms with Crippen LogP contribution in [0.5, 0.6) is 5.75 Å². The van der Waals surface area contributed by atoms with E-state index in [0.717, 1.165) is 49.8 Å². The molecule has 108 valence electrons. The predicted molar refractivity (Wildman–Crippen MR) is 77.7 cm³/mol. The van der Waals surface area contributed by atoms with Crippen molar-refractivity contribution in [3.63, 3.8) is 0 Å². The van der Waals surface area contributed by atoms with Gasteiger partial charge in [0, 0.05) is 13.1 Å². The zero-order valence-corrected chi connectivity index (χ0v) is 12.0. The van der Waals surface area contributed by atoms with E-state index in [1.807, 2.05) is 29.2 Å². The summed E-state index contributed by atoms with van der Waals surface area (Å²) >= 11 is 0. The first-order chi connectivity index (χ1) is 9.76. The van der Waals surface area contributed by atoms with Crippen LogP contribution in [0.15, 0.2) is 24.3 Å². The molecule has 2 saturated heterocycles. The lowest BCUT2D eigenvalue weighted by Crippen LogP contribution is -2.44. The summed E-state index contributed by atoms with van der Waals surface area (Å²) in [5, 5.41) is 3.43. The molecule has 0 saturated carbocycles. The maximum Gasteiger partial charge on any atom is 0.227 e. The molecule has 2 heterocycles. The number of fused-ring (bicyclic) bond motifs is 1. The number of nitrogens with zero attached hydrogens (tertiary/aromatic N) is 1. The highest BCUT2D eigenvalue weighted by atomic mass is 16.5. The quantitative estimate of drug-likeness (QED) is 0.903. The molecule has 1 amide bonds. The van der Waals surface area contributed by atoms with Gasteiger partial charge in [0.25, 0.3) is 0 Å². The Bertz CT molecular complexity index is 489. The summed E-state index contributed by atoms with van der Waals surface area (Å²) in [7, 11) is 1.65.